The summed E-state index contributed by atoms with van der Waals surface area (Å²) in [6, 6.07) is 10.0. The number of rotatable bonds is 1. The van der Waals surface area contributed by atoms with Crippen LogP contribution in [0.1, 0.15) is 5.56 Å². The standard InChI is InChI=1S/C8H8.C2Cl4/c1-2-8-6-4-3-5-7-8;3-1(4)2(5)6/h2-7H,1H2;. The highest BCUT2D eigenvalue weighted by atomic mass is 35.5. The topological polar surface area (TPSA) is 0 Å². The number of hydrogen-bond acceptors (Lipinski definition) is 0. The lowest BCUT2D eigenvalue weighted by Crippen LogP contribution is -1.63. The van der Waals surface area contributed by atoms with Gasteiger partial charge >= 0.3 is 0 Å². The Morgan fingerprint density at radius 1 is 0.929 bits per heavy atom. The molecule has 1 rings (SSSR count). The third-order valence-corrected chi connectivity index (χ3v) is 2.32. The molecule has 0 nitrogen and oxygen atoms in total. The summed E-state index contributed by atoms with van der Waals surface area (Å²) >= 11 is 20.0. The molecule has 0 N–H and O–H groups in total. The second-order valence-corrected chi connectivity index (χ2v) is 4.03. The van der Waals surface area contributed by atoms with Crippen molar-refractivity contribution in [2.24, 2.45) is 0 Å². The van der Waals surface area contributed by atoms with Gasteiger partial charge in [0.25, 0.3) is 0 Å². The molecule has 0 aliphatic carbocycles. The molecule has 0 atom stereocenters. The van der Waals surface area contributed by atoms with Crippen molar-refractivity contribution in [3.63, 3.8) is 0 Å². The highest BCUT2D eigenvalue weighted by molar-refractivity contribution is 6.67. The van der Waals surface area contributed by atoms with Crippen molar-refractivity contribution in [2.45, 2.75) is 0 Å². The minimum atomic E-state index is -0.0988. The fraction of sp³-hybridized carbons (Fsp3) is 0. The fourth-order valence-electron chi connectivity index (χ4n) is 0.589. The van der Waals surface area contributed by atoms with Crippen molar-refractivity contribution in [3.05, 3.63) is 51.5 Å². The van der Waals surface area contributed by atoms with Gasteiger partial charge in [-0.1, -0.05) is 89.4 Å². The van der Waals surface area contributed by atoms with Crippen molar-refractivity contribution in [2.75, 3.05) is 0 Å². The van der Waals surface area contributed by atoms with Gasteiger partial charge in [0, 0.05) is 0 Å². The molecular formula is C10H8Cl4. The number of benzene rings is 1. The molecule has 76 valence electrons. The second-order valence-electron chi connectivity index (χ2n) is 2.14. The van der Waals surface area contributed by atoms with E-state index in [0.29, 0.717) is 0 Å². The van der Waals surface area contributed by atoms with E-state index >= 15 is 0 Å². The Morgan fingerprint density at radius 2 is 1.36 bits per heavy atom. The molecule has 14 heavy (non-hydrogen) atoms. The molecule has 0 saturated heterocycles. The summed E-state index contributed by atoms with van der Waals surface area (Å²) in [6.45, 7) is 3.63. The quantitative estimate of drug-likeness (QED) is 0.641. The predicted octanol–water partition coefficient (Wildman–Crippen LogP) is 5.40. The zero-order valence-electron chi connectivity index (χ0n) is 7.18. The minimum absolute atomic E-state index is 0.0988. The van der Waals surface area contributed by atoms with Gasteiger partial charge in [-0.15, -0.1) is 0 Å². The van der Waals surface area contributed by atoms with Crippen LogP contribution >= 0.6 is 46.4 Å². The van der Waals surface area contributed by atoms with Crippen LogP contribution in [-0.4, -0.2) is 0 Å². The Bertz CT molecular complexity index is 285. The van der Waals surface area contributed by atoms with Crippen LogP contribution in [0.4, 0.5) is 0 Å². The summed E-state index contributed by atoms with van der Waals surface area (Å²) in [5.74, 6) is 0. The summed E-state index contributed by atoms with van der Waals surface area (Å²) in [6.07, 6.45) is 1.83. The van der Waals surface area contributed by atoms with Gasteiger partial charge in [-0.3, -0.25) is 0 Å². The highest BCUT2D eigenvalue weighted by Crippen LogP contribution is 2.20. The van der Waals surface area contributed by atoms with Gasteiger partial charge in [0.1, 0.15) is 8.98 Å². The molecule has 0 spiro atoms. The van der Waals surface area contributed by atoms with Crippen LogP contribution < -0.4 is 0 Å². The normalized spacial score (nSPS) is 8.29. The third kappa shape index (κ3) is 7.28. The van der Waals surface area contributed by atoms with E-state index in [1.165, 1.54) is 5.56 Å². The van der Waals surface area contributed by atoms with E-state index in [-0.39, 0.29) is 8.98 Å². The van der Waals surface area contributed by atoms with E-state index < -0.39 is 0 Å². The molecule has 0 fully saturated rings. The Kier molecular flexibility index (Phi) is 8.11. The van der Waals surface area contributed by atoms with Gasteiger partial charge in [-0.2, -0.15) is 0 Å². The molecule has 0 aliphatic heterocycles. The van der Waals surface area contributed by atoms with Gasteiger partial charge in [0.15, 0.2) is 0 Å². The first kappa shape index (κ1) is 13.9. The Labute approximate surface area is 104 Å². The van der Waals surface area contributed by atoms with E-state index in [4.69, 9.17) is 46.4 Å². The van der Waals surface area contributed by atoms with Gasteiger partial charge in [0.2, 0.25) is 0 Å². The maximum atomic E-state index is 4.99. The van der Waals surface area contributed by atoms with Crippen LogP contribution in [0, 0.1) is 0 Å². The largest absolute Gasteiger partial charge is 0.136 e. The first-order valence-electron chi connectivity index (χ1n) is 3.61. The summed E-state index contributed by atoms with van der Waals surface area (Å²) in [5, 5.41) is 0. The average molecular weight is 270 g/mol. The van der Waals surface area contributed by atoms with Gasteiger partial charge in [-0.05, 0) is 5.56 Å². The minimum Gasteiger partial charge on any atom is -0.0985 e. The first-order valence-corrected chi connectivity index (χ1v) is 5.13. The van der Waals surface area contributed by atoms with Crippen LogP contribution in [0.25, 0.3) is 6.08 Å². The maximum Gasteiger partial charge on any atom is 0.136 e. The molecule has 1 aromatic carbocycles. The lowest BCUT2D eigenvalue weighted by molar-refractivity contribution is 1.67. The van der Waals surface area contributed by atoms with E-state index in [9.17, 15) is 0 Å². The molecule has 1 aromatic rings. The molecule has 0 radical (unpaired) electrons. The highest BCUT2D eigenvalue weighted by Gasteiger charge is 1.88. The van der Waals surface area contributed by atoms with Crippen LogP contribution in [0.2, 0.25) is 0 Å². The van der Waals surface area contributed by atoms with E-state index in [2.05, 4.69) is 6.58 Å². The molecule has 4 heteroatoms. The van der Waals surface area contributed by atoms with Crippen LogP contribution in [0.5, 0.6) is 0 Å². The molecule has 0 saturated carbocycles. The molecule has 0 aromatic heterocycles. The van der Waals surface area contributed by atoms with Gasteiger partial charge in [-0.25, -0.2) is 0 Å². The summed E-state index contributed by atoms with van der Waals surface area (Å²) in [7, 11) is 0. The number of hydrogen-bond donors (Lipinski definition) is 0. The lowest BCUT2D eigenvalue weighted by Gasteiger charge is -1.85. The molecule has 0 amide bonds. The SMILES string of the molecule is C=Cc1ccccc1.ClC(Cl)=C(Cl)Cl. The van der Waals surface area contributed by atoms with Crippen LogP contribution in [0.15, 0.2) is 45.9 Å². The van der Waals surface area contributed by atoms with Crippen LogP contribution in [0.3, 0.4) is 0 Å². The van der Waals surface area contributed by atoms with Crippen molar-refractivity contribution < 1.29 is 0 Å². The summed E-state index contributed by atoms with van der Waals surface area (Å²) < 4.78 is -0.198. The number of halogens is 4. The molecule has 0 aliphatic rings. The zero-order chi connectivity index (χ0) is 11.0. The fourth-order valence-corrected chi connectivity index (χ4v) is 0.589. The van der Waals surface area contributed by atoms with Crippen molar-refractivity contribution in [3.8, 4) is 0 Å². The summed E-state index contributed by atoms with van der Waals surface area (Å²) in [4.78, 5) is 0. The third-order valence-electron chi connectivity index (χ3n) is 1.18. The Balaban J connectivity index is 0.000000255. The van der Waals surface area contributed by atoms with Crippen LogP contribution in [-0.2, 0) is 0 Å². The lowest BCUT2D eigenvalue weighted by atomic mass is 10.2. The molecule has 0 bridgehead atoms. The first-order chi connectivity index (χ1) is 6.57. The van der Waals surface area contributed by atoms with E-state index in [1.807, 2.05) is 36.4 Å². The van der Waals surface area contributed by atoms with E-state index in [0.717, 1.165) is 0 Å². The van der Waals surface area contributed by atoms with Crippen molar-refractivity contribution in [1.82, 2.24) is 0 Å². The van der Waals surface area contributed by atoms with Gasteiger partial charge in [0.05, 0.1) is 0 Å². The monoisotopic (exact) mass is 268 g/mol. The summed E-state index contributed by atoms with van der Waals surface area (Å²) in [5.41, 5.74) is 1.17. The molecular weight excluding hydrogens is 262 g/mol. The second kappa shape index (κ2) is 8.19. The zero-order valence-corrected chi connectivity index (χ0v) is 10.2. The molecule has 0 unspecified atom stereocenters. The Hall–Kier alpha value is -0.140. The predicted molar refractivity (Wildman–Crippen MR) is 67.0 cm³/mol. The van der Waals surface area contributed by atoms with Crippen molar-refractivity contribution >= 4 is 52.5 Å². The van der Waals surface area contributed by atoms with Crippen molar-refractivity contribution in [1.29, 1.82) is 0 Å². The Morgan fingerprint density at radius 3 is 1.57 bits per heavy atom. The smallest absolute Gasteiger partial charge is 0.0985 e. The maximum absolute atomic E-state index is 4.99. The van der Waals surface area contributed by atoms with Gasteiger partial charge < -0.3 is 0 Å². The van der Waals surface area contributed by atoms with E-state index in [1.54, 1.807) is 0 Å². The average Bonchev–Trinajstić information content (AvgIpc) is 2.20. The molecule has 0 heterocycles.